The molecular weight excluding hydrogens is 607 g/mol. The maximum absolute atomic E-state index is 13.2. The first-order chi connectivity index (χ1) is 22.0. The lowest BCUT2D eigenvalue weighted by Gasteiger charge is -2.46. The normalized spacial score (nSPS) is 29.5. The molecule has 0 saturated carbocycles. The van der Waals surface area contributed by atoms with Crippen LogP contribution in [0.5, 0.6) is 0 Å². The zero-order valence-corrected chi connectivity index (χ0v) is 26.2. The van der Waals surface area contributed by atoms with E-state index in [0.717, 1.165) is 74.1 Å². The number of fused-ring (bicyclic) bond motifs is 2. The number of nitrogens with one attached hydrogen (secondary N) is 1. The fourth-order valence-corrected chi connectivity index (χ4v) is 7.78. The zero-order chi connectivity index (χ0) is 33.1. The number of nitrogens with zero attached hydrogens (tertiary/aromatic N) is 3. The van der Waals surface area contributed by atoms with Gasteiger partial charge in [0.05, 0.1) is 38.4 Å². The van der Waals surface area contributed by atoms with Gasteiger partial charge in [-0.25, -0.2) is 0 Å². The second kappa shape index (κ2) is 14.5. The summed E-state index contributed by atoms with van der Waals surface area (Å²) in [6.45, 7) is 2.01. The number of carbonyl (C=O) groups excluding carboxylic acids is 1. The summed E-state index contributed by atoms with van der Waals surface area (Å²) in [6, 6.07) is 0. The first-order valence-electron chi connectivity index (χ1n) is 15.9. The number of rotatable bonds is 13. The van der Waals surface area contributed by atoms with E-state index >= 15 is 0 Å². The summed E-state index contributed by atoms with van der Waals surface area (Å²) in [5.74, 6) is -7.32. The Balaban J connectivity index is 1.49. The van der Waals surface area contributed by atoms with Crippen molar-refractivity contribution >= 4 is 35.3 Å². The third-order valence-electron chi connectivity index (χ3n) is 9.77. The van der Waals surface area contributed by atoms with Crippen molar-refractivity contribution in [2.45, 2.75) is 82.3 Å². The predicted octanol–water partition coefficient (Wildman–Crippen LogP) is 2.84. The number of aryl methyl sites for hydroxylation is 1. The van der Waals surface area contributed by atoms with E-state index in [1.165, 1.54) is 0 Å². The number of hydrogen-bond acceptors (Lipinski definition) is 10. The lowest BCUT2D eigenvalue weighted by Crippen LogP contribution is -2.55. The number of allylic oxidation sites excluding steroid dienone is 1. The van der Waals surface area contributed by atoms with E-state index < -0.39 is 79.5 Å². The van der Waals surface area contributed by atoms with Gasteiger partial charge in [-0.15, -0.1) is 0 Å². The average molecular weight is 651 g/mol. The van der Waals surface area contributed by atoms with Crippen molar-refractivity contribution in [3.8, 4) is 0 Å². The number of alkyl halides is 1. The quantitative estimate of drug-likeness (QED) is 0.228. The predicted molar refractivity (Wildman–Crippen MR) is 159 cm³/mol. The van der Waals surface area contributed by atoms with Crippen LogP contribution in [0.3, 0.4) is 0 Å². The minimum absolute atomic E-state index is 0.176. The number of hydrogen-bond donors (Lipinski definition) is 4. The summed E-state index contributed by atoms with van der Waals surface area (Å²) >= 11 is 0. The third-order valence-corrected chi connectivity index (χ3v) is 9.77. The van der Waals surface area contributed by atoms with Crippen LogP contribution in [-0.4, -0.2) is 106 Å². The van der Waals surface area contributed by atoms with Gasteiger partial charge < -0.3 is 39.7 Å². The van der Waals surface area contributed by atoms with Crippen molar-refractivity contribution in [2.75, 3.05) is 38.7 Å². The van der Waals surface area contributed by atoms with E-state index in [1.54, 1.807) is 4.68 Å². The summed E-state index contributed by atoms with van der Waals surface area (Å²) in [4.78, 5) is 51.1. The number of carboxylic acids is 3. The highest BCUT2D eigenvalue weighted by Crippen LogP contribution is 2.48. The first kappa shape index (κ1) is 33.8. The van der Waals surface area contributed by atoms with Gasteiger partial charge in [0, 0.05) is 44.0 Å². The number of esters is 1. The fourth-order valence-electron chi connectivity index (χ4n) is 7.78. The summed E-state index contributed by atoms with van der Waals surface area (Å²) in [6.07, 6.45) is -0.564. The molecule has 4 N–H and O–H groups in total. The number of likely N-dealkylation sites (tertiary alicyclic amines) is 1. The molecular formula is C31H43FN4O10. The number of carbonyl (C=O) groups is 4. The number of aliphatic carboxylic acids is 3. The zero-order valence-electron chi connectivity index (χ0n) is 26.2. The summed E-state index contributed by atoms with van der Waals surface area (Å²) in [5, 5.41) is 37.4. The minimum Gasteiger partial charge on any atom is -0.481 e. The van der Waals surface area contributed by atoms with Gasteiger partial charge >= 0.3 is 23.9 Å². The van der Waals surface area contributed by atoms with Gasteiger partial charge in [-0.3, -0.25) is 28.3 Å². The van der Waals surface area contributed by atoms with Crippen molar-refractivity contribution in [1.82, 2.24) is 14.7 Å². The molecule has 5 rings (SSSR count). The first-order valence-corrected chi connectivity index (χ1v) is 15.9. The molecule has 0 radical (unpaired) electrons. The van der Waals surface area contributed by atoms with Gasteiger partial charge in [0.15, 0.2) is 12.5 Å². The highest BCUT2D eigenvalue weighted by Gasteiger charge is 2.53. The number of carboxylic acid groups (broad SMARTS) is 3. The Bertz CT molecular complexity index is 1360. The molecule has 254 valence electrons. The Morgan fingerprint density at radius 1 is 1.04 bits per heavy atom. The highest BCUT2D eigenvalue weighted by molar-refractivity contribution is 5.83. The van der Waals surface area contributed by atoms with Crippen molar-refractivity contribution < 1.29 is 53.1 Å². The smallest absolute Gasteiger partial charge is 0.314 e. The highest BCUT2D eigenvalue weighted by atomic mass is 19.1. The molecule has 0 spiro atoms. The SMILES string of the molecule is COC(=O)C1C(OC2Nc3c(c([C@H]4CCN(CCCF)C4)nn3C)C3=C2CCCC3)OC(CC(=O)O)C(CC(=O)O)C1CC(=O)O. The fraction of sp³-hybridized carbons (Fsp3) is 0.710. The Morgan fingerprint density at radius 3 is 2.41 bits per heavy atom. The number of aromatic nitrogens is 2. The molecule has 0 bridgehead atoms. The lowest BCUT2D eigenvalue weighted by molar-refractivity contribution is -0.266. The summed E-state index contributed by atoms with van der Waals surface area (Å²) < 4.78 is 32.2. The molecule has 4 aliphatic rings. The lowest BCUT2D eigenvalue weighted by atomic mass is 9.71. The standard InChI is InChI=1S/C31H43FN4O10/c1-35-28-25(27(34-35)16-8-11-36(15-16)10-5-9-32)17-6-3-4-7-18(17)29(33-28)46-31-26(30(43)44-2)20(13-23(39)40)19(12-22(37)38)21(45-31)14-24(41)42/h16,19-21,26,29,31,33H,3-15H2,1-2H3,(H,37,38)(H,39,40)(H,41,42)/t16-,19?,20?,21?,26?,29?,31?/m0/s1. The van der Waals surface area contributed by atoms with Crippen LogP contribution in [0.4, 0.5) is 10.2 Å². The van der Waals surface area contributed by atoms with E-state index in [0.29, 0.717) is 19.4 Å². The van der Waals surface area contributed by atoms with Gasteiger partial charge in [-0.2, -0.15) is 5.10 Å². The molecule has 1 aliphatic carbocycles. The van der Waals surface area contributed by atoms with Gasteiger partial charge in [-0.1, -0.05) is 0 Å². The molecule has 7 atom stereocenters. The number of ether oxygens (including phenoxy) is 3. The maximum Gasteiger partial charge on any atom is 0.314 e. The Labute approximate surface area is 265 Å². The average Bonchev–Trinajstić information content (AvgIpc) is 3.61. The molecule has 0 aromatic carbocycles. The van der Waals surface area contributed by atoms with E-state index in [2.05, 4.69) is 10.2 Å². The Morgan fingerprint density at radius 2 is 1.74 bits per heavy atom. The third kappa shape index (κ3) is 7.05. The topological polar surface area (TPSA) is 190 Å². The van der Waals surface area contributed by atoms with E-state index in [-0.39, 0.29) is 12.6 Å². The maximum atomic E-state index is 13.2. The van der Waals surface area contributed by atoms with E-state index in [1.807, 2.05) is 7.05 Å². The summed E-state index contributed by atoms with van der Waals surface area (Å²) in [5.41, 5.74) is 4.04. The number of halogens is 1. The Kier molecular flexibility index (Phi) is 10.6. The molecule has 6 unspecified atom stereocenters. The minimum atomic E-state index is -1.42. The van der Waals surface area contributed by atoms with Crippen LogP contribution in [-0.2, 0) is 40.4 Å². The van der Waals surface area contributed by atoms with Crippen LogP contribution in [0, 0.1) is 17.8 Å². The van der Waals surface area contributed by atoms with Crippen LogP contribution in [0.1, 0.15) is 75.0 Å². The van der Waals surface area contributed by atoms with Crippen LogP contribution in [0.15, 0.2) is 5.57 Å². The van der Waals surface area contributed by atoms with Crippen molar-refractivity contribution in [2.24, 2.45) is 24.8 Å². The molecule has 46 heavy (non-hydrogen) atoms. The van der Waals surface area contributed by atoms with Gasteiger partial charge in [0.2, 0.25) is 0 Å². The van der Waals surface area contributed by atoms with Crippen molar-refractivity contribution in [3.05, 3.63) is 16.8 Å². The monoisotopic (exact) mass is 650 g/mol. The number of methoxy groups -OCH3 is 1. The van der Waals surface area contributed by atoms with Crippen LogP contribution in [0.2, 0.25) is 0 Å². The van der Waals surface area contributed by atoms with Crippen LogP contribution >= 0.6 is 0 Å². The van der Waals surface area contributed by atoms with Gasteiger partial charge in [-0.05, 0) is 62.1 Å². The van der Waals surface area contributed by atoms with E-state index in [9.17, 15) is 38.9 Å². The summed E-state index contributed by atoms with van der Waals surface area (Å²) in [7, 11) is 2.96. The molecule has 0 amide bonds. The molecule has 15 heteroatoms. The molecule has 2 fully saturated rings. The van der Waals surface area contributed by atoms with Gasteiger partial charge in [0.25, 0.3) is 0 Å². The molecule has 1 aromatic heterocycles. The van der Waals surface area contributed by atoms with Crippen LogP contribution < -0.4 is 5.32 Å². The molecule has 3 aliphatic heterocycles. The molecule has 14 nitrogen and oxygen atoms in total. The van der Waals surface area contributed by atoms with Crippen molar-refractivity contribution in [1.29, 1.82) is 0 Å². The largest absolute Gasteiger partial charge is 0.481 e. The molecule has 2 saturated heterocycles. The Hall–Kier alpha value is -3.56. The molecule has 1 aromatic rings. The van der Waals surface area contributed by atoms with E-state index in [4.69, 9.17) is 19.3 Å². The van der Waals surface area contributed by atoms with Crippen LogP contribution in [0.25, 0.3) is 5.57 Å². The van der Waals surface area contributed by atoms with Gasteiger partial charge in [0.1, 0.15) is 11.7 Å². The second-order valence-electron chi connectivity index (χ2n) is 12.6. The molecule has 4 heterocycles. The second-order valence-corrected chi connectivity index (χ2v) is 12.6. The number of anilines is 1. The van der Waals surface area contributed by atoms with Crippen molar-refractivity contribution in [3.63, 3.8) is 0 Å².